The fourth-order valence-corrected chi connectivity index (χ4v) is 3.35. The van der Waals surface area contributed by atoms with E-state index in [0.717, 1.165) is 11.1 Å². The molecule has 0 fully saturated rings. The maximum Gasteiger partial charge on any atom is 0.343 e. The Labute approximate surface area is 180 Å². The van der Waals surface area contributed by atoms with Crippen LogP contribution < -0.4 is 20.7 Å². The molecule has 0 saturated heterocycles. The second-order valence-electron chi connectivity index (χ2n) is 6.67. The Morgan fingerprint density at radius 3 is 2.47 bits per heavy atom. The number of hydrogen-bond donors (Lipinski definition) is 3. The molecule has 1 heterocycles. The van der Waals surface area contributed by atoms with Gasteiger partial charge in [0.15, 0.2) is 11.7 Å². The Morgan fingerprint density at radius 2 is 1.80 bits per heavy atom. The topological polar surface area (TPSA) is 88.7 Å². The molecule has 8 heteroatoms. The van der Waals surface area contributed by atoms with Crippen molar-refractivity contribution >= 4 is 29.2 Å². The van der Waals surface area contributed by atoms with Gasteiger partial charge in [-0.25, -0.2) is 4.79 Å². The van der Waals surface area contributed by atoms with Gasteiger partial charge in [-0.1, -0.05) is 42.5 Å². The molecule has 3 rings (SSSR count). The highest BCUT2D eigenvalue weighted by Gasteiger charge is 2.29. The Kier molecular flexibility index (Phi) is 7.03. The van der Waals surface area contributed by atoms with Crippen molar-refractivity contribution in [1.29, 1.82) is 0 Å². The minimum atomic E-state index is -0.458. The van der Waals surface area contributed by atoms with Gasteiger partial charge in [0, 0.05) is 12.2 Å². The standard InChI is InChI=1S/C22H23N3O4S/c1-14-19(21(27)23-12-15-6-4-3-5-7-15)20(25-22(30)24-14)16-8-10-17(11-9-16)29-13-18(26)28-2/h3-11,20H,12-13H2,1-2H3,(H,23,27)(H2,24,25,30)/t20-/m0/s1. The zero-order valence-electron chi connectivity index (χ0n) is 16.7. The lowest BCUT2D eigenvalue weighted by Gasteiger charge is -2.30. The van der Waals surface area contributed by atoms with Gasteiger partial charge in [0.2, 0.25) is 0 Å². The summed E-state index contributed by atoms with van der Waals surface area (Å²) in [6.45, 7) is 2.08. The molecule has 0 radical (unpaired) electrons. The Bertz CT molecular complexity index is 958. The normalized spacial score (nSPS) is 15.7. The molecule has 0 unspecified atom stereocenters. The van der Waals surface area contributed by atoms with E-state index < -0.39 is 12.0 Å². The molecular formula is C22H23N3O4S. The number of allylic oxidation sites excluding steroid dienone is 1. The van der Waals surface area contributed by atoms with Crippen LogP contribution in [0.1, 0.15) is 24.1 Å². The summed E-state index contributed by atoms with van der Waals surface area (Å²) >= 11 is 5.29. The summed E-state index contributed by atoms with van der Waals surface area (Å²) in [6.07, 6.45) is 0. The van der Waals surface area contributed by atoms with Crippen LogP contribution in [0.4, 0.5) is 0 Å². The number of esters is 1. The average Bonchev–Trinajstić information content (AvgIpc) is 2.76. The van der Waals surface area contributed by atoms with Crippen LogP contribution in [0.25, 0.3) is 0 Å². The third-order valence-electron chi connectivity index (χ3n) is 4.61. The minimum absolute atomic E-state index is 0.169. The molecule has 0 aromatic heterocycles. The molecule has 2 aromatic carbocycles. The molecule has 1 aliphatic rings. The van der Waals surface area contributed by atoms with Crippen LogP contribution in [-0.2, 0) is 20.9 Å². The summed E-state index contributed by atoms with van der Waals surface area (Å²) in [5.74, 6) is -0.119. The summed E-state index contributed by atoms with van der Waals surface area (Å²) in [5.41, 5.74) is 3.11. The molecule has 156 valence electrons. The quantitative estimate of drug-likeness (QED) is 0.464. The van der Waals surface area contributed by atoms with Gasteiger partial charge in [0.25, 0.3) is 5.91 Å². The van der Waals surface area contributed by atoms with Crippen molar-refractivity contribution in [1.82, 2.24) is 16.0 Å². The van der Waals surface area contributed by atoms with E-state index in [1.807, 2.05) is 49.4 Å². The monoisotopic (exact) mass is 425 g/mol. The third-order valence-corrected chi connectivity index (χ3v) is 4.83. The van der Waals surface area contributed by atoms with E-state index in [4.69, 9.17) is 17.0 Å². The molecule has 0 spiro atoms. The molecule has 0 bridgehead atoms. The van der Waals surface area contributed by atoms with Gasteiger partial charge in [-0.3, -0.25) is 4.79 Å². The number of carbonyl (C=O) groups is 2. The van der Waals surface area contributed by atoms with Crippen molar-refractivity contribution in [3.8, 4) is 5.75 Å². The van der Waals surface area contributed by atoms with Crippen LogP contribution in [0.5, 0.6) is 5.75 Å². The Hall–Kier alpha value is -3.39. The van der Waals surface area contributed by atoms with Gasteiger partial charge in [-0.2, -0.15) is 0 Å². The van der Waals surface area contributed by atoms with E-state index >= 15 is 0 Å². The first-order valence-corrected chi connectivity index (χ1v) is 9.78. The van der Waals surface area contributed by atoms with Crippen molar-refractivity contribution in [2.75, 3.05) is 13.7 Å². The van der Waals surface area contributed by atoms with Crippen LogP contribution >= 0.6 is 12.2 Å². The molecular weight excluding hydrogens is 402 g/mol. The van der Waals surface area contributed by atoms with Crippen molar-refractivity contribution in [3.05, 3.63) is 77.0 Å². The number of thiocarbonyl (C=S) groups is 1. The zero-order chi connectivity index (χ0) is 21.5. The second-order valence-corrected chi connectivity index (χ2v) is 7.08. The lowest BCUT2D eigenvalue weighted by Crippen LogP contribution is -2.46. The number of methoxy groups -OCH3 is 1. The highest BCUT2D eigenvalue weighted by atomic mass is 32.1. The van der Waals surface area contributed by atoms with Gasteiger partial charge in [0.05, 0.1) is 18.7 Å². The zero-order valence-corrected chi connectivity index (χ0v) is 17.5. The molecule has 0 saturated carbocycles. The number of carbonyl (C=O) groups excluding carboxylic acids is 2. The van der Waals surface area contributed by atoms with Crippen LogP contribution in [0.2, 0.25) is 0 Å². The first-order chi connectivity index (χ1) is 14.5. The van der Waals surface area contributed by atoms with E-state index in [1.165, 1.54) is 7.11 Å². The largest absolute Gasteiger partial charge is 0.482 e. The number of rotatable bonds is 7. The van der Waals surface area contributed by atoms with Crippen molar-refractivity contribution in [2.45, 2.75) is 19.5 Å². The number of ether oxygens (including phenoxy) is 2. The molecule has 2 aromatic rings. The molecule has 30 heavy (non-hydrogen) atoms. The highest BCUT2D eigenvalue weighted by molar-refractivity contribution is 7.80. The Balaban J connectivity index is 1.76. The Morgan fingerprint density at radius 1 is 1.10 bits per heavy atom. The first kappa shape index (κ1) is 21.3. The lowest BCUT2D eigenvalue weighted by atomic mass is 9.95. The molecule has 0 aliphatic carbocycles. The smallest absolute Gasteiger partial charge is 0.343 e. The van der Waals surface area contributed by atoms with E-state index in [-0.39, 0.29) is 12.5 Å². The predicted octanol–water partition coefficient (Wildman–Crippen LogP) is 2.35. The predicted molar refractivity (Wildman–Crippen MR) is 117 cm³/mol. The number of benzene rings is 2. The number of hydrogen-bond acceptors (Lipinski definition) is 5. The van der Waals surface area contributed by atoms with Crippen LogP contribution in [-0.4, -0.2) is 30.7 Å². The summed E-state index contributed by atoms with van der Waals surface area (Å²) in [7, 11) is 1.31. The highest BCUT2D eigenvalue weighted by Crippen LogP contribution is 2.28. The van der Waals surface area contributed by atoms with Crippen LogP contribution in [0, 0.1) is 0 Å². The fraction of sp³-hybridized carbons (Fsp3) is 0.227. The van der Waals surface area contributed by atoms with Crippen molar-refractivity contribution < 1.29 is 19.1 Å². The van der Waals surface area contributed by atoms with E-state index in [1.54, 1.807) is 12.1 Å². The summed E-state index contributed by atoms with van der Waals surface area (Å²) in [6, 6.07) is 16.4. The van der Waals surface area contributed by atoms with Gasteiger partial charge >= 0.3 is 5.97 Å². The molecule has 1 amide bonds. The maximum atomic E-state index is 13.0. The molecule has 3 N–H and O–H groups in total. The van der Waals surface area contributed by atoms with Crippen LogP contribution in [0.15, 0.2) is 65.9 Å². The third kappa shape index (κ3) is 5.36. The van der Waals surface area contributed by atoms with E-state index in [2.05, 4.69) is 20.7 Å². The second kappa shape index (κ2) is 9.89. The number of amides is 1. The van der Waals surface area contributed by atoms with Gasteiger partial charge in [-0.05, 0) is 42.4 Å². The van der Waals surface area contributed by atoms with Gasteiger partial charge in [-0.15, -0.1) is 0 Å². The molecule has 7 nitrogen and oxygen atoms in total. The van der Waals surface area contributed by atoms with Crippen molar-refractivity contribution in [2.24, 2.45) is 0 Å². The molecule has 1 atom stereocenters. The van der Waals surface area contributed by atoms with Gasteiger partial charge in [0.1, 0.15) is 5.75 Å². The van der Waals surface area contributed by atoms with E-state index in [9.17, 15) is 9.59 Å². The van der Waals surface area contributed by atoms with Crippen molar-refractivity contribution in [3.63, 3.8) is 0 Å². The summed E-state index contributed by atoms with van der Waals surface area (Å²) in [5, 5.41) is 9.59. The summed E-state index contributed by atoms with van der Waals surface area (Å²) in [4.78, 5) is 24.2. The first-order valence-electron chi connectivity index (χ1n) is 9.38. The fourth-order valence-electron chi connectivity index (χ4n) is 3.08. The number of nitrogens with one attached hydrogen (secondary N) is 3. The van der Waals surface area contributed by atoms with E-state index in [0.29, 0.717) is 28.7 Å². The summed E-state index contributed by atoms with van der Waals surface area (Å²) < 4.78 is 9.94. The maximum absolute atomic E-state index is 13.0. The van der Waals surface area contributed by atoms with Gasteiger partial charge < -0.3 is 25.4 Å². The SMILES string of the molecule is COC(=O)COc1ccc([C@@H]2NC(=S)NC(C)=C2C(=O)NCc2ccccc2)cc1. The average molecular weight is 426 g/mol. The van der Waals surface area contributed by atoms with Crippen LogP contribution in [0.3, 0.4) is 0 Å². The lowest BCUT2D eigenvalue weighted by molar-refractivity contribution is -0.142. The minimum Gasteiger partial charge on any atom is -0.482 e. The molecule has 1 aliphatic heterocycles.